The molecule has 1 aromatic heterocycles. The minimum atomic E-state index is 0.0604. The predicted molar refractivity (Wildman–Crippen MR) is 120 cm³/mol. The van der Waals surface area contributed by atoms with Crippen LogP contribution >= 0.6 is 0 Å². The molecular weight excluding hydrogens is 376 g/mol. The maximum Gasteiger partial charge on any atom is 0.279 e. The molecule has 0 radical (unpaired) electrons. The fourth-order valence-electron chi connectivity index (χ4n) is 4.51. The van der Waals surface area contributed by atoms with Crippen LogP contribution in [0.3, 0.4) is 0 Å². The van der Waals surface area contributed by atoms with E-state index >= 15 is 0 Å². The molecule has 0 unspecified atom stereocenters. The summed E-state index contributed by atoms with van der Waals surface area (Å²) in [5.74, 6) is 0.291. The summed E-state index contributed by atoms with van der Waals surface area (Å²) in [6, 6.07) is 8.01. The van der Waals surface area contributed by atoms with E-state index in [2.05, 4.69) is 36.7 Å². The van der Waals surface area contributed by atoms with E-state index in [1.54, 1.807) is 0 Å². The first-order valence-corrected chi connectivity index (χ1v) is 11.0. The fraction of sp³-hybridized carbons (Fsp3) is 0.500. The van der Waals surface area contributed by atoms with Crippen LogP contribution in [0.2, 0.25) is 0 Å². The Bertz CT molecular complexity index is 924. The van der Waals surface area contributed by atoms with Crippen LogP contribution in [-0.4, -0.2) is 55.5 Å². The molecule has 1 saturated heterocycles. The average Bonchev–Trinajstić information content (AvgIpc) is 3.00. The minimum absolute atomic E-state index is 0.0604. The molecule has 1 aliphatic heterocycles. The Labute approximate surface area is 179 Å². The summed E-state index contributed by atoms with van der Waals surface area (Å²) in [5.41, 5.74) is 6.30. The van der Waals surface area contributed by atoms with Gasteiger partial charge in [0, 0.05) is 29.2 Å². The molecule has 2 aromatic rings. The second-order valence-electron chi connectivity index (χ2n) is 8.60. The molecule has 0 bridgehead atoms. The molecule has 1 aromatic carbocycles. The van der Waals surface area contributed by atoms with Crippen LogP contribution in [0, 0.1) is 27.7 Å². The second kappa shape index (κ2) is 9.58. The van der Waals surface area contributed by atoms with Crippen LogP contribution in [0.1, 0.15) is 39.8 Å². The average molecular weight is 413 g/mol. The molecule has 0 aliphatic carbocycles. The lowest BCUT2D eigenvalue weighted by Gasteiger charge is -2.29. The monoisotopic (exact) mass is 412 g/mol. The van der Waals surface area contributed by atoms with Gasteiger partial charge in [0.15, 0.2) is 6.54 Å². The van der Waals surface area contributed by atoms with Crippen molar-refractivity contribution in [3.05, 3.63) is 52.3 Å². The number of hydrogen-bond donors (Lipinski definition) is 3. The van der Waals surface area contributed by atoms with Crippen LogP contribution in [0.25, 0.3) is 0 Å². The standard InChI is InChI=1S/C24H34N4O2/c1-6-28-18(3)14-21(20(28)5)23(29)15-26-10-12-27(13-11-26)16-24(30)25-22-9-7-8-17(2)19(22)4/h7-9,14H,6,10-13,15-16H2,1-5H3,(H,25,30)/p+2. The van der Waals surface area contributed by atoms with Gasteiger partial charge >= 0.3 is 0 Å². The number of benzene rings is 1. The third-order valence-electron chi connectivity index (χ3n) is 6.55. The van der Waals surface area contributed by atoms with Gasteiger partial charge < -0.3 is 19.7 Å². The number of carbonyl (C=O) groups is 2. The summed E-state index contributed by atoms with van der Waals surface area (Å²) in [6.07, 6.45) is 0. The van der Waals surface area contributed by atoms with Gasteiger partial charge in [0.25, 0.3) is 5.91 Å². The van der Waals surface area contributed by atoms with Gasteiger partial charge in [0.1, 0.15) is 32.7 Å². The normalized spacial score (nSPS) is 19.0. The fourth-order valence-corrected chi connectivity index (χ4v) is 4.51. The Morgan fingerprint density at radius 1 is 1.00 bits per heavy atom. The molecule has 0 atom stereocenters. The first-order chi connectivity index (χ1) is 14.3. The van der Waals surface area contributed by atoms with Crippen LogP contribution in [0.5, 0.6) is 0 Å². The molecule has 1 amide bonds. The summed E-state index contributed by atoms with van der Waals surface area (Å²) in [5, 5.41) is 3.06. The van der Waals surface area contributed by atoms with Crippen molar-refractivity contribution in [2.24, 2.45) is 0 Å². The van der Waals surface area contributed by atoms with Crippen molar-refractivity contribution in [3.8, 4) is 0 Å². The summed E-state index contributed by atoms with van der Waals surface area (Å²) in [7, 11) is 0. The van der Waals surface area contributed by atoms with Crippen LogP contribution < -0.4 is 15.1 Å². The zero-order valence-corrected chi connectivity index (χ0v) is 19.0. The molecule has 0 spiro atoms. The Balaban J connectivity index is 1.48. The number of quaternary nitrogens is 2. The van der Waals surface area contributed by atoms with Crippen LogP contribution in [-0.2, 0) is 11.3 Å². The van der Waals surface area contributed by atoms with Crippen molar-refractivity contribution in [2.45, 2.75) is 41.2 Å². The maximum absolute atomic E-state index is 12.8. The molecule has 3 N–H and O–H groups in total. The Morgan fingerprint density at radius 3 is 2.23 bits per heavy atom. The Kier molecular flexibility index (Phi) is 7.10. The van der Waals surface area contributed by atoms with Gasteiger partial charge in [-0.15, -0.1) is 0 Å². The molecular formula is C24H36N4O2+2. The molecule has 1 fully saturated rings. The van der Waals surface area contributed by atoms with Gasteiger partial charge in [-0.3, -0.25) is 9.59 Å². The summed E-state index contributed by atoms with van der Waals surface area (Å²) in [6.45, 7) is 15.9. The van der Waals surface area contributed by atoms with Crippen molar-refractivity contribution < 1.29 is 19.4 Å². The van der Waals surface area contributed by atoms with Crippen molar-refractivity contribution >= 4 is 17.4 Å². The van der Waals surface area contributed by atoms with E-state index in [4.69, 9.17) is 0 Å². The number of Topliss-reactive ketones (excluding diaryl/α,β-unsaturated/α-hetero) is 1. The number of aromatic nitrogens is 1. The highest BCUT2D eigenvalue weighted by molar-refractivity contribution is 5.98. The second-order valence-corrected chi connectivity index (χ2v) is 8.60. The van der Waals surface area contributed by atoms with E-state index in [-0.39, 0.29) is 11.7 Å². The van der Waals surface area contributed by atoms with E-state index in [0.717, 1.165) is 60.9 Å². The van der Waals surface area contributed by atoms with Gasteiger partial charge in [0.05, 0.1) is 0 Å². The predicted octanol–water partition coefficient (Wildman–Crippen LogP) is 0.346. The molecule has 3 rings (SSSR count). The van der Waals surface area contributed by atoms with E-state index in [1.165, 1.54) is 15.4 Å². The topological polar surface area (TPSA) is 60.0 Å². The number of nitrogens with zero attached hydrogens (tertiary/aromatic N) is 1. The molecule has 6 nitrogen and oxygen atoms in total. The number of nitrogens with one attached hydrogen (secondary N) is 3. The smallest absolute Gasteiger partial charge is 0.279 e. The summed E-state index contributed by atoms with van der Waals surface area (Å²) >= 11 is 0. The number of rotatable bonds is 7. The van der Waals surface area contributed by atoms with Gasteiger partial charge in [-0.1, -0.05) is 12.1 Å². The Morgan fingerprint density at radius 2 is 1.63 bits per heavy atom. The number of ketones is 1. The highest BCUT2D eigenvalue weighted by atomic mass is 16.2. The number of hydrogen-bond acceptors (Lipinski definition) is 2. The number of carbonyl (C=O) groups excluding carboxylic acids is 2. The van der Waals surface area contributed by atoms with Crippen molar-refractivity contribution in [3.63, 3.8) is 0 Å². The lowest BCUT2D eigenvalue weighted by atomic mass is 10.1. The quantitative estimate of drug-likeness (QED) is 0.575. The van der Waals surface area contributed by atoms with Gasteiger partial charge in [-0.05, 0) is 57.9 Å². The third-order valence-corrected chi connectivity index (χ3v) is 6.55. The number of amides is 1. The summed E-state index contributed by atoms with van der Waals surface area (Å²) < 4.78 is 2.19. The number of anilines is 1. The van der Waals surface area contributed by atoms with E-state index in [9.17, 15) is 9.59 Å². The van der Waals surface area contributed by atoms with E-state index < -0.39 is 0 Å². The van der Waals surface area contributed by atoms with E-state index in [0.29, 0.717) is 13.1 Å². The maximum atomic E-state index is 12.8. The summed E-state index contributed by atoms with van der Waals surface area (Å²) in [4.78, 5) is 27.9. The lowest BCUT2D eigenvalue weighted by molar-refractivity contribution is -1.00. The minimum Gasteiger partial charge on any atom is -0.349 e. The van der Waals surface area contributed by atoms with Crippen LogP contribution in [0.15, 0.2) is 24.3 Å². The van der Waals surface area contributed by atoms with Gasteiger partial charge in [0.2, 0.25) is 5.78 Å². The zero-order valence-electron chi connectivity index (χ0n) is 19.0. The highest BCUT2D eigenvalue weighted by Crippen LogP contribution is 2.17. The highest BCUT2D eigenvalue weighted by Gasteiger charge is 2.28. The number of piperazine rings is 1. The van der Waals surface area contributed by atoms with Gasteiger partial charge in [-0.25, -0.2) is 0 Å². The first-order valence-electron chi connectivity index (χ1n) is 11.0. The van der Waals surface area contributed by atoms with Crippen molar-refractivity contribution in [1.82, 2.24) is 4.57 Å². The SMILES string of the molecule is CCn1c(C)cc(C(=O)C[NH+]2CC[NH+](CC(=O)Nc3cccc(C)c3C)CC2)c1C. The van der Waals surface area contributed by atoms with Crippen molar-refractivity contribution in [1.29, 1.82) is 0 Å². The van der Waals surface area contributed by atoms with E-state index in [1.807, 2.05) is 32.0 Å². The van der Waals surface area contributed by atoms with Crippen molar-refractivity contribution in [2.75, 3.05) is 44.6 Å². The zero-order chi connectivity index (χ0) is 21.8. The molecule has 162 valence electrons. The number of aryl methyl sites for hydroxylation is 2. The van der Waals surface area contributed by atoms with Crippen LogP contribution in [0.4, 0.5) is 5.69 Å². The lowest BCUT2D eigenvalue weighted by Crippen LogP contribution is -3.28. The molecule has 2 heterocycles. The molecule has 1 aliphatic rings. The Hall–Kier alpha value is -2.44. The molecule has 6 heteroatoms. The first kappa shape index (κ1) is 22.2. The molecule has 0 saturated carbocycles. The third kappa shape index (κ3) is 4.99. The molecule has 30 heavy (non-hydrogen) atoms. The van der Waals surface area contributed by atoms with Gasteiger partial charge in [-0.2, -0.15) is 0 Å². The largest absolute Gasteiger partial charge is 0.349 e.